The van der Waals surface area contributed by atoms with E-state index in [1.54, 1.807) is 6.07 Å². The van der Waals surface area contributed by atoms with E-state index in [2.05, 4.69) is 41.3 Å². The first-order valence-corrected chi connectivity index (χ1v) is 9.23. The monoisotopic (exact) mass is 371 g/mol. The lowest BCUT2D eigenvalue weighted by Crippen LogP contribution is -3.13. The lowest BCUT2D eigenvalue weighted by Gasteiger charge is -2.34. The molecular weight excluding hydrogens is 349 g/mol. The average Bonchev–Trinajstić information content (AvgIpc) is 2.68. The SMILES string of the molecule is FC(F)(F)c1cccc(N2CC[NH+](Cc3cccc4ccccc34)CC2)c1. The van der Waals surface area contributed by atoms with Crippen molar-refractivity contribution in [2.24, 2.45) is 0 Å². The van der Waals surface area contributed by atoms with E-state index >= 15 is 0 Å². The molecule has 0 spiro atoms. The summed E-state index contributed by atoms with van der Waals surface area (Å²) in [5, 5.41) is 2.53. The standard InChI is InChI=1S/C22H21F3N2/c23-22(24,25)19-8-4-9-20(15-19)27-13-11-26(12-14-27)16-18-7-3-6-17-5-1-2-10-21(17)18/h1-10,15H,11-14,16H2/p+1. The lowest BCUT2D eigenvalue weighted by molar-refractivity contribution is -0.914. The Morgan fingerprint density at radius 3 is 2.33 bits per heavy atom. The van der Waals surface area contributed by atoms with Crippen molar-refractivity contribution in [1.82, 2.24) is 0 Å². The average molecular weight is 371 g/mol. The van der Waals surface area contributed by atoms with Crippen LogP contribution < -0.4 is 9.80 Å². The minimum absolute atomic E-state index is 0.578. The predicted octanol–water partition coefficient (Wildman–Crippen LogP) is 3.76. The van der Waals surface area contributed by atoms with E-state index in [0.29, 0.717) is 5.69 Å². The molecular formula is C22H22F3N2+. The van der Waals surface area contributed by atoms with E-state index in [9.17, 15) is 13.2 Å². The second kappa shape index (κ2) is 7.24. The molecule has 140 valence electrons. The van der Waals surface area contributed by atoms with E-state index in [1.165, 1.54) is 33.4 Å². The Hall–Kier alpha value is -2.53. The minimum Gasteiger partial charge on any atom is -0.360 e. The highest BCUT2D eigenvalue weighted by atomic mass is 19.4. The summed E-state index contributed by atoms with van der Waals surface area (Å²) in [7, 11) is 0. The Morgan fingerprint density at radius 1 is 0.852 bits per heavy atom. The van der Waals surface area contributed by atoms with Crippen LogP contribution in [0.4, 0.5) is 18.9 Å². The van der Waals surface area contributed by atoms with Crippen molar-refractivity contribution >= 4 is 16.5 Å². The molecule has 1 aliphatic heterocycles. The molecule has 1 N–H and O–H groups in total. The van der Waals surface area contributed by atoms with Gasteiger partial charge in [0.25, 0.3) is 0 Å². The van der Waals surface area contributed by atoms with Crippen molar-refractivity contribution in [2.75, 3.05) is 31.1 Å². The zero-order chi connectivity index (χ0) is 18.9. The number of fused-ring (bicyclic) bond motifs is 1. The highest BCUT2D eigenvalue weighted by Crippen LogP contribution is 2.31. The van der Waals surface area contributed by atoms with Crippen LogP contribution in [0.25, 0.3) is 10.8 Å². The van der Waals surface area contributed by atoms with Crippen LogP contribution in [0, 0.1) is 0 Å². The Labute approximate surface area is 156 Å². The van der Waals surface area contributed by atoms with Crippen LogP contribution in [0.2, 0.25) is 0 Å². The molecule has 1 aliphatic rings. The fourth-order valence-electron chi connectivity index (χ4n) is 3.85. The van der Waals surface area contributed by atoms with Gasteiger partial charge in [-0.15, -0.1) is 0 Å². The molecule has 3 aromatic rings. The predicted molar refractivity (Wildman–Crippen MR) is 102 cm³/mol. The molecule has 0 saturated carbocycles. The number of piperazine rings is 1. The molecule has 1 saturated heterocycles. The molecule has 3 aromatic carbocycles. The largest absolute Gasteiger partial charge is 0.416 e. The van der Waals surface area contributed by atoms with Gasteiger partial charge in [0, 0.05) is 11.3 Å². The van der Waals surface area contributed by atoms with Gasteiger partial charge in [0.2, 0.25) is 0 Å². The maximum absolute atomic E-state index is 12.9. The minimum atomic E-state index is -4.29. The molecule has 27 heavy (non-hydrogen) atoms. The van der Waals surface area contributed by atoms with Crippen LogP contribution >= 0.6 is 0 Å². The third-order valence-corrected chi connectivity index (χ3v) is 5.33. The summed E-state index contributed by atoms with van der Waals surface area (Å²) in [5.74, 6) is 0. The first kappa shape index (κ1) is 17.9. The van der Waals surface area contributed by atoms with Crippen LogP contribution in [0.5, 0.6) is 0 Å². The van der Waals surface area contributed by atoms with Crippen molar-refractivity contribution < 1.29 is 18.1 Å². The van der Waals surface area contributed by atoms with Crippen LogP contribution in [-0.2, 0) is 12.7 Å². The van der Waals surface area contributed by atoms with E-state index < -0.39 is 11.7 Å². The summed E-state index contributed by atoms with van der Waals surface area (Å²) in [4.78, 5) is 3.52. The summed E-state index contributed by atoms with van der Waals surface area (Å²) in [6, 6.07) is 20.4. The first-order chi connectivity index (χ1) is 13.0. The number of alkyl halides is 3. The van der Waals surface area contributed by atoms with Gasteiger partial charge < -0.3 is 9.80 Å². The molecule has 0 atom stereocenters. The highest BCUT2D eigenvalue weighted by molar-refractivity contribution is 5.85. The van der Waals surface area contributed by atoms with Crippen molar-refractivity contribution in [2.45, 2.75) is 12.7 Å². The smallest absolute Gasteiger partial charge is 0.360 e. The quantitative estimate of drug-likeness (QED) is 0.737. The zero-order valence-electron chi connectivity index (χ0n) is 15.0. The Balaban J connectivity index is 1.43. The number of nitrogens with one attached hydrogen (secondary N) is 1. The molecule has 0 bridgehead atoms. The molecule has 1 fully saturated rings. The maximum atomic E-state index is 12.9. The van der Waals surface area contributed by atoms with Gasteiger partial charge in [-0.1, -0.05) is 48.5 Å². The summed E-state index contributed by atoms with van der Waals surface area (Å²) >= 11 is 0. The molecule has 0 amide bonds. The molecule has 5 heteroatoms. The van der Waals surface area contributed by atoms with Gasteiger partial charge in [-0.3, -0.25) is 0 Å². The number of hydrogen-bond acceptors (Lipinski definition) is 1. The van der Waals surface area contributed by atoms with Crippen LogP contribution in [0.3, 0.4) is 0 Å². The fourth-order valence-corrected chi connectivity index (χ4v) is 3.85. The fraction of sp³-hybridized carbons (Fsp3) is 0.273. The molecule has 0 aromatic heterocycles. The number of hydrogen-bond donors (Lipinski definition) is 1. The van der Waals surface area contributed by atoms with Crippen LogP contribution in [-0.4, -0.2) is 26.2 Å². The first-order valence-electron chi connectivity index (χ1n) is 9.23. The number of anilines is 1. The van der Waals surface area contributed by atoms with Crippen molar-refractivity contribution in [3.63, 3.8) is 0 Å². The van der Waals surface area contributed by atoms with E-state index in [1.807, 2.05) is 6.07 Å². The van der Waals surface area contributed by atoms with Gasteiger partial charge in [-0.25, -0.2) is 0 Å². The normalized spacial score (nSPS) is 16.0. The second-order valence-electron chi connectivity index (χ2n) is 7.10. The van der Waals surface area contributed by atoms with E-state index in [-0.39, 0.29) is 0 Å². The zero-order valence-corrected chi connectivity index (χ0v) is 15.0. The molecule has 0 radical (unpaired) electrons. The van der Waals surface area contributed by atoms with Gasteiger partial charge in [-0.2, -0.15) is 13.2 Å². The topological polar surface area (TPSA) is 7.68 Å². The molecule has 0 aliphatic carbocycles. The van der Waals surface area contributed by atoms with Gasteiger partial charge >= 0.3 is 6.18 Å². The van der Waals surface area contributed by atoms with Gasteiger partial charge in [0.15, 0.2) is 0 Å². The second-order valence-corrected chi connectivity index (χ2v) is 7.10. The molecule has 0 unspecified atom stereocenters. The maximum Gasteiger partial charge on any atom is 0.416 e. The number of rotatable bonds is 3. The summed E-state index contributed by atoms with van der Waals surface area (Å²) in [6.45, 7) is 4.31. The Morgan fingerprint density at radius 2 is 1.56 bits per heavy atom. The third-order valence-electron chi connectivity index (χ3n) is 5.33. The number of halogens is 3. The van der Waals surface area contributed by atoms with Crippen molar-refractivity contribution in [3.05, 3.63) is 77.9 Å². The van der Waals surface area contributed by atoms with Crippen molar-refractivity contribution in [1.29, 1.82) is 0 Å². The number of nitrogens with zero attached hydrogens (tertiary/aromatic N) is 1. The Kier molecular flexibility index (Phi) is 4.79. The van der Waals surface area contributed by atoms with Crippen LogP contribution in [0.1, 0.15) is 11.1 Å². The van der Waals surface area contributed by atoms with Gasteiger partial charge in [-0.05, 0) is 29.0 Å². The van der Waals surface area contributed by atoms with Crippen molar-refractivity contribution in [3.8, 4) is 0 Å². The summed E-state index contributed by atoms with van der Waals surface area (Å²) in [5.41, 5.74) is 1.41. The van der Waals surface area contributed by atoms with Crippen LogP contribution in [0.15, 0.2) is 66.7 Å². The Bertz CT molecular complexity index is 923. The number of benzene rings is 3. The summed E-state index contributed by atoms with van der Waals surface area (Å²) < 4.78 is 38.8. The highest BCUT2D eigenvalue weighted by Gasteiger charge is 2.31. The molecule has 4 rings (SSSR count). The van der Waals surface area contributed by atoms with E-state index in [4.69, 9.17) is 0 Å². The van der Waals surface area contributed by atoms with Gasteiger partial charge in [0.1, 0.15) is 6.54 Å². The summed E-state index contributed by atoms with van der Waals surface area (Å²) in [6.07, 6.45) is -4.29. The lowest BCUT2D eigenvalue weighted by atomic mass is 10.0. The molecule has 2 nitrogen and oxygen atoms in total. The third kappa shape index (κ3) is 3.93. The van der Waals surface area contributed by atoms with E-state index in [0.717, 1.165) is 38.8 Å². The molecule has 1 heterocycles. The van der Waals surface area contributed by atoms with Gasteiger partial charge in [0.05, 0.1) is 31.7 Å². The number of quaternary nitrogens is 1.